The highest BCUT2D eigenvalue weighted by molar-refractivity contribution is 8.76. The molecule has 2 rings (SSSR count). The third-order valence-corrected chi connectivity index (χ3v) is 5.40. The van der Waals surface area contributed by atoms with Gasteiger partial charge in [-0.05, 0) is 12.1 Å². The highest BCUT2D eigenvalue weighted by atomic mass is 33.1. The highest BCUT2D eigenvalue weighted by Crippen LogP contribution is 2.20. The van der Waals surface area contributed by atoms with Crippen LogP contribution in [0.15, 0.2) is 49.1 Å². The zero-order valence-electron chi connectivity index (χ0n) is 13.2. The first-order chi connectivity index (χ1) is 10.7. The molecule has 0 aliphatic rings. The Morgan fingerprint density at radius 3 is 1.68 bits per heavy atom. The maximum Gasteiger partial charge on any atom is 0.191 e. The molecule has 0 radical (unpaired) electrons. The lowest BCUT2D eigenvalue weighted by molar-refractivity contribution is -0.670. The molecule has 2 heterocycles. The molecular weight excluding hydrogens is 312 g/mol. The molecule has 0 saturated heterocycles. The molecule has 0 aliphatic carbocycles. The molecule has 2 aromatic rings. The SMILES string of the molecule is C[n+]1cccc(NCCSSCCNc2ccc[n+](C)c2)c1. The number of nitrogens with zero attached hydrogens (tertiary/aromatic N) is 2. The van der Waals surface area contributed by atoms with Crippen LogP contribution in [0.2, 0.25) is 0 Å². The average Bonchev–Trinajstić information content (AvgIpc) is 2.50. The van der Waals surface area contributed by atoms with Crippen molar-refractivity contribution < 1.29 is 9.13 Å². The number of nitrogens with one attached hydrogen (secondary N) is 2. The van der Waals surface area contributed by atoms with Gasteiger partial charge in [-0.2, -0.15) is 0 Å². The molecule has 4 nitrogen and oxygen atoms in total. The number of hydrogen-bond acceptors (Lipinski definition) is 4. The summed E-state index contributed by atoms with van der Waals surface area (Å²) in [5.41, 5.74) is 2.35. The maximum absolute atomic E-state index is 3.44. The van der Waals surface area contributed by atoms with E-state index in [2.05, 4.69) is 56.4 Å². The molecule has 0 aliphatic heterocycles. The first-order valence-electron chi connectivity index (χ1n) is 7.37. The zero-order valence-corrected chi connectivity index (χ0v) is 14.8. The van der Waals surface area contributed by atoms with Gasteiger partial charge in [0.2, 0.25) is 0 Å². The van der Waals surface area contributed by atoms with E-state index in [1.807, 2.05) is 48.1 Å². The molecule has 0 aromatic carbocycles. The van der Waals surface area contributed by atoms with Crippen LogP contribution in [0.4, 0.5) is 11.4 Å². The van der Waals surface area contributed by atoms with E-state index in [0.717, 1.165) is 24.6 Å². The maximum atomic E-state index is 3.44. The lowest BCUT2D eigenvalue weighted by Gasteiger charge is -2.06. The molecule has 0 atom stereocenters. The van der Waals surface area contributed by atoms with Crippen molar-refractivity contribution in [2.45, 2.75) is 0 Å². The molecule has 2 aromatic heterocycles. The molecule has 0 fully saturated rings. The van der Waals surface area contributed by atoms with E-state index in [0.29, 0.717) is 0 Å². The lowest BCUT2D eigenvalue weighted by Crippen LogP contribution is -2.26. The molecule has 0 spiro atoms. The van der Waals surface area contributed by atoms with Crippen LogP contribution in [0.25, 0.3) is 0 Å². The highest BCUT2D eigenvalue weighted by Gasteiger charge is 1.98. The first-order valence-corrected chi connectivity index (χ1v) is 9.85. The van der Waals surface area contributed by atoms with Crippen molar-refractivity contribution in [2.75, 3.05) is 35.2 Å². The molecular formula is C16H24N4S2+2. The molecule has 2 N–H and O–H groups in total. The molecule has 0 unspecified atom stereocenters. The average molecular weight is 337 g/mol. The summed E-state index contributed by atoms with van der Waals surface area (Å²) in [6, 6.07) is 8.31. The van der Waals surface area contributed by atoms with Crippen molar-refractivity contribution in [1.29, 1.82) is 0 Å². The van der Waals surface area contributed by atoms with Crippen LogP contribution >= 0.6 is 21.6 Å². The summed E-state index contributed by atoms with van der Waals surface area (Å²) in [6.07, 6.45) is 8.27. The predicted molar refractivity (Wildman–Crippen MR) is 97.1 cm³/mol. The van der Waals surface area contributed by atoms with E-state index in [4.69, 9.17) is 0 Å². The summed E-state index contributed by atoms with van der Waals surface area (Å²) in [4.78, 5) is 0. The Kier molecular flexibility index (Phi) is 7.39. The van der Waals surface area contributed by atoms with Gasteiger partial charge in [-0.15, -0.1) is 0 Å². The van der Waals surface area contributed by atoms with Crippen LogP contribution in [-0.4, -0.2) is 24.6 Å². The van der Waals surface area contributed by atoms with Gasteiger partial charge in [-0.1, -0.05) is 21.6 Å². The Bertz CT molecular complexity index is 526. The number of hydrogen-bond donors (Lipinski definition) is 2. The van der Waals surface area contributed by atoms with E-state index in [1.165, 1.54) is 11.4 Å². The Morgan fingerprint density at radius 2 is 1.27 bits per heavy atom. The third kappa shape index (κ3) is 6.58. The van der Waals surface area contributed by atoms with E-state index >= 15 is 0 Å². The van der Waals surface area contributed by atoms with Crippen molar-refractivity contribution >= 4 is 33.0 Å². The minimum absolute atomic E-state index is 0.990. The molecule has 118 valence electrons. The fourth-order valence-electron chi connectivity index (χ4n) is 1.98. The summed E-state index contributed by atoms with van der Waals surface area (Å²) >= 11 is 0. The molecule has 22 heavy (non-hydrogen) atoms. The summed E-state index contributed by atoms with van der Waals surface area (Å²) < 4.78 is 4.11. The van der Waals surface area contributed by atoms with E-state index < -0.39 is 0 Å². The lowest BCUT2D eigenvalue weighted by atomic mass is 10.4. The van der Waals surface area contributed by atoms with Crippen molar-refractivity contribution in [3.8, 4) is 0 Å². The first kappa shape index (κ1) is 17.0. The van der Waals surface area contributed by atoms with Gasteiger partial charge in [0.15, 0.2) is 24.8 Å². The minimum Gasteiger partial charge on any atom is -0.379 e. The van der Waals surface area contributed by atoms with Crippen molar-refractivity contribution in [1.82, 2.24) is 0 Å². The predicted octanol–water partition coefficient (Wildman–Crippen LogP) is 2.24. The second kappa shape index (κ2) is 9.58. The number of anilines is 2. The van der Waals surface area contributed by atoms with Crippen LogP contribution in [-0.2, 0) is 14.1 Å². The van der Waals surface area contributed by atoms with Crippen LogP contribution in [0.5, 0.6) is 0 Å². The second-order valence-electron chi connectivity index (χ2n) is 5.01. The molecule has 6 heteroatoms. The Labute approximate surface area is 140 Å². The van der Waals surface area contributed by atoms with Crippen molar-refractivity contribution in [3.05, 3.63) is 49.1 Å². The number of pyridine rings is 2. The van der Waals surface area contributed by atoms with E-state index in [-0.39, 0.29) is 0 Å². The van der Waals surface area contributed by atoms with E-state index in [9.17, 15) is 0 Å². The quantitative estimate of drug-likeness (QED) is 0.418. The second-order valence-corrected chi connectivity index (χ2v) is 7.72. The zero-order chi connectivity index (χ0) is 15.6. The summed E-state index contributed by atoms with van der Waals surface area (Å²) in [6.45, 7) is 1.98. The molecule has 0 bridgehead atoms. The van der Waals surface area contributed by atoms with Gasteiger partial charge in [0, 0.05) is 36.7 Å². The molecule has 0 saturated carbocycles. The summed E-state index contributed by atoms with van der Waals surface area (Å²) in [5, 5.41) is 6.87. The van der Waals surface area contributed by atoms with Gasteiger partial charge < -0.3 is 10.6 Å². The summed E-state index contributed by atoms with van der Waals surface area (Å²) in [5.74, 6) is 2.20. The minimum atomic E-state index is 0.990. The van der Waals surface area contributed by atoms with E-state index in [1.54, 1.807) is 0 Å². The summed E-state index contributed by atoms with van der Waals surface area (Å²) in [7, 11) is 7.91. The van der Waals surface area contributed by atoms with Crippen molar-refractivity contribution in [2.24, 2.45) is 14.1 Å². The van der Waals surface area contributed by atoms with Crippen LogP contribution in [0.3, 0.4) is 0 Å². The van der Waals surface area contributed by atoms with Crippen LogP contribution < -0.4 is 19.8 Å². The smallest absolute Gasteiger partial charge is 0.191 e. The monoisotopic (exact) mass is 336 g/mol. The Morgan fingerprint density at radius 1 is 0.818 bits per heavy atom. The fraction of sp³-hybridized carbons (Fsp3) is 0.375. The van der Waals surface area contributed by atoms with Gasteiger partial charge in [0.1, 0.15) is 14.1 Å². The van der Waals surface area contributed by atoms with Gasteiger partial charge in [0.05, 0.1) is 11.4 Å². The van der Waals surface area contributed by atoms with Gasteiger partial charge in [-0.3, -0.25) is 0 Å². The van der Waals surface area contributed by atoms with Gasteiger partial charge in [-0.25, -0.2) is 9.13 Å². The number of aryl methyl sites for hydroxylation is 2. The Hall–Kier alpha value is -1.40. The third-order valence-electron chi connectivity index (χ3n) is 2.99. The van der Waals surface area contributed by atoms with Gasteiger partial charge >= 0.3 is 0 Å². The standard InChI is InChI=1S/C16H24N4S2/c1-19-9-3-5-15(13-19)17-7-11-21-22-12-8-18-16-6-4-10-20(2)14-16/h3-6,9-10,13-14,17-18H,7-8,11-12H2,1-2H3/q+2. The van der Waals surface area contributed by atoms with Crippen LogP contribution in [0.1, 0.15) is 0 Å². The van der Waals surface area contributed by atoms with Crippen molar-refractivity contribution in [3.63, 3.8) is 0 Å². The number of rotatable bonds is 9. The van der Waals surface area contributed by atoms with Crippen LogP contribution in [0, 0.1) is 0 Å². The fourth-order valence-corrected chi connectivity index (χ4v) is 3.79. The molecule has 0 amide bonds. The topological polar surface area (TPSA) is 31.8 Å². The largest absolute Gasteiger partial charge is 0.379 e. The normalized spacial score (nSPS) is 10.5. The Balaban J connectivity index is 1.49. The van der Waals surface area contributed by atoms with Gasteiger partial charge in [0.25, 0.3) is 0 Å². The number of aromatic nitrogens is 2.